The van der Waals surface area contributed by atoms with Gasteiger partial charge in [0.2, 0.25) is 0 Å². The zero-order valence-electron chi connectivity index (χ0n) is 9.67. The normalized spacial score (nSPS) is 10.6. The van der Waals surface area contributed by atoms with Crippen molar-refractivity contribution in [3.05, 3.63) is 28.8 Å². The van der Waals surface area contributed by atoms with Gasteiger partial charge in [0.25, 0.3) is 0 Å². The second kappa shape index (κ2) is 5.14. The molecule has 1 aromatic heterocycles. The number of rotatable bonds is 4. The van der Waals surface area contributed by atoms with Crippen LogP contribution < -0.4 is 0 Å². The number of carbonyl (C=O) groups is 1. The van der Waals surface area contributed by atoms with E-state index in [-0.39, 0.29) is 13.0 Å². The van der Waals surface area contributed by atoms with Gasteiger partial charge in [-0.15, -0.1) is 5.10 Å². The molecule has 6 nitrogen and oxygen atoms in total. The van der Waals surface area contributed by atoms with Crippen LogP contribution in [0.4, 0.5) is 0 Å². The average molecular weight is 267 g/mol. The fraction of sp³-hybridized carbons (Fsp3) is 0.273. The molecule has 0 amide bonds. The summed E-state index contributed by atoms with van der Waals surface area (Å²) in [7, 11) is 0. The van der Waals surface area contributed by atoms with Crippen LogP contribution in [0.2, 0.25) is 5.02 Å². The first-order chi connectivity index (χ1) is 8.58. The number of carboxylic acid groups (broad SMARTS) is 1. The summed E-state index contributed by atoms with van der Waals surface area (Å²) in [4.78, 5) is 10.6. The molecule has 94 valence electrons. The summed E-state index contributed by atoms with van der Waals surface area (Å²) in [6, 6.07) is 5.42. The van der Waals surface area contributed by atoms with Crippen molar-refractivity contribution < 1.29 is 9.90 Å². The van der Waals surface area contributed by atoms with Crippen LogP contribution in [0.5, 0.6) is 0 Å². The van der Waals surface area contributed by atoms with Gasteiger partial charge in [0.15, 0.2) is 5.82 Å². The highest BCUT2D eigenvalue weighted by molar-refractivity contribution is 6.30. The maximum absolute atomic E-state index is 10.6. The smallest absolute Gasteiger partial charge is 0.305 e. The lowest BCUT2D eigenvalue weighted by Gasteiger charge is -2.06. The maximum atomic E-state index is 10.6. The Kier molecular flexibility index (Phi) is 3.57. The molecule has 0 bridgehead atoms. The summed E-state index contributed by atoms with van der Waals surface area (Å²) in [6.45, 7) is 2.14. The van der Waals surface area contributed by atoms with Crippen molar-refractivity contribution in [1.82, 2.24) is 20.2 Å². The summed E-state index contributed by atoms with van der Waals surface area (Å²) in [5.74, 6) is -0.365. The maximum Gasteiger partial charge on any atom is 0.305 e. The van der Waals surface area contributed by atoms with Gasteiger partial charge < -0.3 is 5.11 Å². The molecule has 0 unspecified atom stereocenters. The van der Waals surface area contributed by atoms with E-state index >= 15 is 0 Å². The van der Waals surface area contributed by atoms with Crippen LogP contribution in [0.3, 0.4) is 0 Å². The molecule has 0 radical (unpaired) electrons. The van der Waals surface area contributed by atoms with Crippen molar-refractivity contribution in [3.8, 4) is 11.4 Å². The van der Waals surface area contributed by atoms with Gasteiger partial charge in [-0.3, -0.25) is 4.79 Å². The molecule has 2 aromatic rings. The Morgan fingerprint density at radius 1 is 1.50 bits per heavy atom. The second-order valence-electron chi connectivity index (χ2n) is 3.83. The molecular weight excluding hydrogens is 256 g/mol. The molecule has 0 aliphatic rings. The third kappa shape index (κ3) is 2.65. The summed E-state index contributed by atoms with van der Waals surface area (Å²) >= 11 is 5.94. The predicted molar refractivity (Wildman–Crippen MR) is 65.3 cm³/mol. The fourth-order valence-electron chi connectivity index (χ4n) is 1.58. The van der Waals surface area contributed by atoms with Gasteiger partial charge >= 0.3 is 5.97 Å². The molecule has 18 heavy (non-hydrogen) atoms. The summed E-state index contributed by atoms with van der Waals surface area (Å²) in [6.07, 6.45) is -0.0301. The molecule has 0 spiro atoms. The van der Waals surface area contributed by atoms with Crippen LogP contribution in [0.1, 0.15) is 12.0 Å². The standard InChI is InChI=1S/C11H11ClN4O2/c1-7-2-3-8(12)6-9(7)11-13-14-15-16(11)5-4-10(17)18/h2-3,6H,4-5H2,1H3,(H,17,18). The Bertz CT molecular complexity index is 582. The van der Waals surface area contributed by atoms with Gasteiger partial charge in [0, 0.05) is 10.6 Å². The van der Waals surface area contributed by atoms with Crippen molar-refractivity contribution in [3.63, 3.8) is 0 Å². The van der Waals surface area contributed by atoms with Crippen molar-refractivity contribution in [2.75, 3.05) is 0 Å². The summed E-state index contributed by atoms with van der Waals surface area (Å²) in [5.41, 5.74) is 1.78. The number of hydrogen-bond donors (Lipinski definition) is 1. The number of nitrogens with zero attached hydrogens (tertiary/aromatic N) is 4. The number of tetrazole rings is 1. The molecule has 0 aliphatic heterocycles. The third-order valence-corrected chi connectivity index (χ3v) is 2.74. The average Bonchev–Trinajstić information content (AvgIpc) is 2.77. The van der Waals surface area contributed by atoms with Crippen LogP contribution in [0.25, 0.3) is 11.4 Å². The van der Waals surface area contributed by atoms with Gasteiger partial charge in [0.05, 0.1) is 13.0 Å². The molecule has 1 N–H and O–H groups in total. The quantitative estimate of drug-likeness (QED) is 0.912. The Labute approximate surface area is 108 Å². The van der Waals surface area contributed by atoms with E-state index in [4.69, 9.17) is 16.7 Å². The Morgan fingerprint density at radius 3 is 3.00 bits per heavy atom. The lowest BCUT2D eigenvalue weighted by molar-refractivity contribution is -0.137. The lowest BCUT2D eigenvalue weighted by Crippen LogP contribution is -2.08. The van der Waals surface area contributed by atoms with Crippen molar-refractivity contribution in [2.45, 2.75) is 19.9 Å². The zero-order chi connectivity index (χ0) is 13.1. The topological polar surface area (TPSA) is 80.9 Å². The van der Waals surface area contributed by atoms with E-state index < -0.39 is 5.97 Å². The minimum absolute atomic E-state index is 0.0301. The monoisotopic (exact) mass is 266 g/mol. The molecule has 0 aliphatic carbocycles. The number of carboxylic acids is 1. The third-order valence-electron chi connectivity index (χ3n) is 2.51. The minimum Gasteiger partial charge on any atom is -0.481 e. The minimum atomic E-state index is -0.890. The van der Waals surface area contributed by atoms with Gasteiger partial charge in [-0.25, -0.2) is 4.68 Å². The van der Waals surface area contributed by atoms with Gasteiger partial charge in [-0.1, -0.05) is 17.7 Å². The predicted octanol–water partition coefficient (Wildman–Crippen LogP) is 1.78. The molecule has 1 aromatic carbocycles. The number of halogens is 1. The molecule has 0 atom stereocenters. The molecule has 2 rings (SSSR count). The highest BCUT2D eigenvalue weighted by Crippen LogP contribution is 2.24. The van der Waals surface area contributed by atoms with E-state index in [0.29, 0.717) is 10.8 Å². The molecule has 7 heteroatoms. The Balaban J connectivity index is 2.36. The molecule has 1 heterocycles. The zero-order valence-corrected chi connectivity index (χ0v) is 10.4. The van der Waals surface area contributed by atoms with Crippen molar-refractivity contribution >= 4 is 17.6 Å². The van der Waals surface area contributed by atoms with Crippen LogP contribution in [0, 0.1) is 6.92 Å². The van der Waals surface area contributed by atoms with Crippen LogP contribution in [-0.4, -0.2) is 31.3 Å². The largest absolute Gasteiger partial charge is 0.481 e. The van der Waals surface area contributed by atoms with Crippen LogP contribution in [0.15, 0.2) is 18.2 Å². The lowest BCUT2D eigenvalue weighted by atomic mass is 10.1. The second-order valence-corrected chi connectivity index (χ2v) is 4.27. The van der Waals surface area contributed by atoms with Crippen molar-refractivity contribution in [1.29, 1.82) is 0 Å². The summed E-state index contributed by atoms with van der Waals surface area (Å²) < 4.78 is 1.47. The Hall–Kier alpha value is -1.95. The van der Waals surface area contributed by atoms with Crippen molar-refractivity contribution in [2.24, 2.45) is 0 Å². The molecule has 0 saturated carbocycles. The first-order valence-electron chi connectivity index (χ1n) is 5.32. The molecule has 0 fully saturated rings. The molecular formula is C11H11ClN4O2. The van der Waals surface area contributed by atoms with E-state index in [0.717, 1.165) is 11.1 Å². The number of aryl methyl sites for hydroxylation is 2. The number of hydrogen-bond acceptors (Lipinski definition) is 4. The Morgan fingerprint density at radius 2 is 2.28 bits per heavy atom. The number of aromatic nitrogens is 4. The van der Waals surface area contributed by atoms with Gasteiger partial charge in [0.1, 0.15) is 0 Å². The van der Waals surface area contributed by atoms with Crippen LogP contribution in [-0.2, 0) is 11.3 Å². The fourth-order valence-corrected chi connectivity index (χ4v) is 1.76. The number of aliphatic carboxylic acids is 1. The van der Waals surface area contributed by atoms with E-state index in [2.05, 4.69) is 15.5 Å². The van der Waals surface area contributed by atoms with E-state index in [1.807, 2.05) is 13.0 Å². The van der Waals surface area contributed by atoms with Crippen LogP contribution >= 0.6 is 11.6 Å². The highest BCUT2D eigenvalue weighted by atomic mass is 35.5. The van der Waals surface area contributed by atoms with Gasteiger partial charge in [-0.05, 0) is 35.0 Å². The first-order valence-corrected chi connectivity index (χ1v) is 5.70. The molecule has 0 saturated heterocycles. The SMILES string of the molecule is Cc1ccc(Cl)cc1-c1nnnn1CCC(=O)O. The van der Waals surface area contributed by atoms with E-state index in [9.17, 15) is 4.79 Å². The van der Waals surface area contributed by atoms with Gasteiger partial charge in [-0.2, -0.15) is 0 Å². The number of benzene rings is 1. The van der Waals surface area contributed by atoms with E-state index in [1.165, 1.54) is 4.68 Å². The van der Waals surface area contributed by atoms with E-state index in [1.54, 1.807) is 12.1 Å². The first kappa shape index (κ1) is 12.5. The summed E-state index contributed by atoms with van der Waals surface area (Å²) in [5, 5.41) is 20.5. The highest BCUT2D eigenvalue weighted by Gasteiger charge is 2.12.